The van der Waals surface area contributed by atoms with Crippen LogP contribution >= 0.6 is 11.8 Å². The number of fused-ring (bicyclic) bond motifs is 4. The number of likely N-dealkylation sites (tertiary alicyclic amines) is 1. The summed E-state index contributed by atoms with van der Waals surface area (Å²) >= 11 is 1.72. The number of hydrogen-bond acceptors (Lipinski definition) is 5. The minimum absolute atomic E-state index is 0.0175. The molecule has 5 rings (SSSR count). The fourth-order valence-electron chi connectivity index (χ4n) is 6.15. The first-order valence-electron chi connectivity index (χ1n) is 11.1. The van der Waals surface area contributed by atoms with Crippen LogP contribution in [-0.2, 0) is 19.9 Å². The topological polar surface area (TPSA) is 78.5 Å². The minimum atomic E-state index is -1.14. The predicted octanol–water partition coefficient (Wildman–Crippen LogP) is 2.88. The third kappa shape index (κ3) is 2.78. The van der Waals surface area contributed by atoms with Crippen molar-refractivity contribution < 1.29 is 14.4 Å². The lowest BCUT2D eigenvalue weighted by molar-refractivity contribution is -0.145. The highest BCUT2D eigenvalue weighted by atomic mass is 32.2. The van der Waals surface area contributed by atoms with Crippen LogP contribution in [0.25, 0.3) is 0 Å². The van der Waals surface area contributed by atoms with Crippen LogP contribution in [0.5, 0.6) is 0 Å². The van der Waals surface area contributed by atoms with Crippen LogP contribution in [0.1, 0.15) is 50.5 Å². The molecular weight excluding hydrogens is 398 g/mol. The van der Waals surface area contributed by atoms with Gasteiger partial charge in [0.05, 0.1) is 11.8 Å². The SMILES string of the molecule is CSCC[C@@H]1N[C@]2(C(=O)Nc3ccccc32)[C@H]2C(=O)N(C3CCCCCC3)C(=O)[C@H]12. The number of anilines is 1. The van der Waals surface area contributed by atoms with Gasteiger partial charge in [-0.15, -0.1) is 0 Å². The molecule has 0 aromatic heterocycles. The monoisotopic (exact) mass is 427 g/mol. The summed E-state index contributed by atoms with van der Waals surface area (Å²) in [6.07, 6.45) is 9.01. The molecule has 1 aromatic carbocycles. The Bertz CT molecular complexity index is 882. The van der Waals surface area contributed by atoms with Crippen molar-refractivity contribution in [3.8, 4) is 0 Å². The maximum absolute atomic E-state index is 13.8. The molecule has 3 amide bonds. The van der Waals surface area contributed by atoms with Crippen molar-refractivity contribution in [1.82, 2.24) is 10.2 Å². The van der Waals surface area contributed by atoms with Gasteiger partial charge in [0.15, 0.2) is 0 Å². The number of hydrogen-bond donors (Lipinski definition) is 2. The number of benzene rings is 1. The summed E-state index contributed by atoms with van der Waals surface area (Å²) in [6, 6.07) is 7.38. The van der Waals surface area contributed by atoms with Crippen LogP contribution in [0.3, 0.4) is 0 Å². The van der Waals surface area contributed by atoms with E-state index in [1.807, 2.05) is 30.5 Å². The highest BCUT2D eigenvalue weighted by molar-refractivity contribution is 7.98. The highest BCUT2D eigenvalue weighted by Gasteiger charge is 2.70. The molecule has 3 fully saturated rings. The van der Waals surface area contributed by atoms with Crippen molar-refractivity contribution in [2.24, 2.45) is 11.8 Å². The molecule has 30 heavy (non-hydrogen) atoms. The number of carbonyl (C=O) groups excluding carboxylic acids is 3. The summed E-state index contributed by atoms with van der Waals surface area (Å²) in [5.41, 5.74) is 0.407. The van der Waals surface area contributed by atoms with E-state index >= 15 is 0 Å². The molecule has 160 valence electrons. The van der Waals surface area contributed by atoms with Crippen molar-refractivity contribution in [3.63, 3.8) is 0 Å². The number of amides is 3. The van der Waals surface area contributed by atoms with Crippen LogP contribution < -0.4 is 10.6 Å². The molecule has 1 spiro atoms. The Hall–Kier alpha value is -1.86. The van der Waals surface area contributed by atoms with Crippen LogP contribution in [0.2, 0.25) is 0 Å². The van der Waals surface area contributed by atoms with Gasteiger partial charge in [-0.25, -0.2) is 0 Å². The standard InChI is InChI=1S/C23H29N3O3S/c1-30-13-12-17-18-19(21(28)26(20(18)27)14-8-4-2-3-5-9-14)23(25-17)15-10-6-7-11-16(15)24-22(23)29/h6-7,10-11,14,17-19,25H,2-5,8-9,12-13H2,1H3,(H,24,29)/t17-,18+,19+,23-/m0/s1. The lowest BCUT2D eigenvalue weighted by Gasteiger charge is -2.32. The van der Waals surface area contributed by atoms with Gasteiger partial charge >= 0.3 is 0 Å². The Balaban J connectivity index is 1.58. The first kappa shape index (κ1) is 20.1. The Morgan fingerprint density at radius 3 is 2.53 bits per heavy atom. The fourth-order valence-corrected chi connectivity index (χ4v) is 6.64. The molecule has 3 aliphatic heterocycles. The molecule has 0 bridgehead atoms. The number of para-hydroxylation sites is 1. The maximum atomic E-state index is 13.8. The van der Waals surface area contributed by atoms with Crippen LogP contribution in [0.4, 0.5) is 5.69 Å². The zero-order chi connectivity index (χ0) is 20.9. The Morgan fingerprint density at radius 1 is 1.07 bits per heavy atom. The van der Waals surface area contributed by atoms with Crippen molar-refractivity contribution in [3.05, 3.63) is 29.8 Å². The van der Waals surface area contributed by atoms with E-state index in [0.29, 0.717) is 0 Å². The first-order chi connectivity index (χ1) is 14.6. The van der Waals surface area contributed by atoms with Gasteiger partial charge in [-0.1, -0.05) is 43.9 Å². The van der Waals surface area contributed by atoms with Gasteiger partial charge < -0.3 is 5.32 Å². The zero-order valence-electron chi connectivity index (χ0n) is 17.4. The second kappa shape index (κ2) is 7.68. The highest BCUT2D eigenvalue weighted by Crippen LogP contribution is 2.54. The Kier molecular flexibility index (Phi) is 5.14. The van der Waals surface area contributed by atoms with E-state index in [9.17, 15) is 14.4 Å². The molecule has 4 aliphatic rings. The maximum Gasteiger partial charge on any atom is 0.250 e. The van der Waals surface area contributed by atoms with Crippen LogP contribution in [-0.4, -0.2) is 46.7 Å². The smallest absolute Gasteiger partial charge is 0.250 e. The quantitative estimate of drug-likeness (QED) is 0.571. The molecule has 1 aliphatic carbocycles. The molecular formula is C23H29N3O3S. The Labute approximate surface area is 181 Å². The van der Waals surface area contributed by atoms with Gasteiger partial charge in [0.25, 0.3) is 0 Å². The van der Waals surface area contributed by atoms with Crippen LogP contribution in [0, 0.1) is 11.8 Å². The van der Waals surface area contributed by atoms with E-state index < -0.39 is 17.4 Å². The Morgan fingerprint density at radius 2 is 1.80 bits per heavy atom. The van der Waals surface area contributed by atoms with Crippen molar-refractivity contribution >= 4 is 35.2 Å². The van der Waals surface area contributed by atoms with E-state index in [0.717, 1.165) is 61.9 Å². The molecule has 0 radical (unpaired) electrons. The average Bonchev–Trinajstić information content (AvgIpc) is 3.21. The largest absolute Gasteiger partial charge is 0.324 e. The first-order valence-corrected chi connectivity index (χ1v) is 12.5. The molecule has 1 aromatic rings. The average molecular weight is 428 g/mol. The number of rotatable bonds is 4. The fraction of sp³-hybridized carbons (Fsp3) is 0.609. The second-order valence-electron chi connectivity index (χ2n) is 9.04. The van der Waals surface area contributed by atoms with Gasteiger partial charge in [-0.3, -0.25) is 24.6 Å². The third-order valence-corrected chi connectivity index (χ3v) is 8.12. The van der Waals surface area contributed by atoms with E-state index in [-0.39, 0.29) is 29.8 Å². The molecule has 2 N–H and O–H groups in total. The summed E-state index contributed by atoms with van der Waals surface area (Å²) in [5.74, 6) is -0.666. The van der Waals surface area contributed by atoms with E-state index in [1.165, 1.54) is 0 Å². The lowest BCUT2D eigenvalue weighted by Crippen LogP contribution is -2.54. The van der Waals surface area contributed by atoms with E-state index in [4.69, 9.17) is 0 Å². The van der Waals surface area contributed by atoms with Gasteiger partial charge in [-0.2, -0.15) is 11.8 Å². The number of nitrogens with zero attached hydrogens (tertiary/aromatic N) is 1. The summed E-state index contributed by atoms with van der Waals surface area (Å²) in [7, 11) is 0. The summed E-state index contributed by atoms with van der Waals surface area (Å²) in [6.45, 7) is 0. The number of nitrogens with one attached hydrogen (secondary N) is 2. The summed E-state index contributed by atoms with van der Waals surface area (Å²) in [5, 5.41) is 6.48. The third-order valence-electron chi connectivity index (χ3n) is 7.48. The van der Waals surface area contributed by atoms with E-state index in [1.54, 1.807) is 16.7 Å². The number of carbonyl (C=O) groups is 3. The number of thioether (sulfide) groups is 1. The number of imide groups is 1. The van der Waals surface area contributed by atoms with Crippen molar-refractivity contribution in [2.45, 2.75) is 62.6 Å². The normalized spacial score (nSPS) is 33.7. The molecule has 4 atom stereocenters. The summed E-state index contributed by atoms with van der Waals surface area (Å²) < 4.78 is 0. The molecule has 6 nitrogen and oxygen atoms in total. The van der Waals surface area contributed by atoms with Crippen molar-refractivity contribution in [2.75, 3.05) is 17.3 Å². The van der Waals surface area contributed by atoms with Gasteiger partial charge in [0, 0.05) is 23.3 Å². The lowest BCUT2D eigenvalue weighted by atomic mass is 9.76. The molecule has 2 saturated heterocycles. The molecule has 0 unspecified atom stereocenters. The van der Waals surface area contributed by atoms with Gasteiger partial charge in [0.1, 0.15) is 5.54 Å². The molecule has 1 saturated carbocycles. The zero-order valence-corrected chi connectivity index (χ0v) is 18.2. The van der Waals surface area contributed by atoms with Gasteiger partial charge in [0.2, 0.25) is 17.7 Å². The van der Waals surface area contributed by atoms with E-state index in [2.05, 4.69) is 10.6 Å². The van der Waals surface area contributed by atoms with Crippen LogP contribution in [0.15, 0.2) is 24.3 Å². The predicted molar refractivity (Wildman–Crippen MR) is 117 cm³/mol. The molecule has 3 heterocycles. The van der Waals surface area contributed by atoms with Crippen molar-refractivity contribution in [1.29, 1.82) is 0 Å². The summed E-state index contributed by atoms with van der Waals surface area (Å²) in [4.78, 5) is 42.4. The van der Waals surface area contributed by atoms with Gasteiger partial charge in [-0.05, 0) is 37.3 Å². The molecule has 7 heteroatoms. The second-order valence-corrected chi connectivity index (χ2v) is 10.0. The minimum Gasteiger partial charge on any atom is -0.324 e.